The van der Waals surface area contributed by atoms with Gasteiger partial charge in [0.05, 0.1) is 32.1 Å². The van der Waals surface area contributed by atoms with Crippen LogP contribution in [0.15, 0.2) is 72.8 Å². The van der Waals surface area contributed by atoms with E-state index in [2.05, 4.69) is 54.5 Å². The maximum absolute atomic E-state index is 10.6. The van der Waals surface area contributed by atoms with Gasteiger partial charge in [0.1, 0.15) is 11.2 Å². The molecule has 0 saturated carbocycles. The molecule has 0 aliphatic carbocycles. The van der Waals surface area contributed by atoms with E-state index >= 15 is 0 Å². The van der Waals surface area contributed by atoms with E-state index in [0.29, 0.717) is 0 Å². The Hall–Kier alpha value is -2.18. The third kappa shape index (κ3) is 17.9. The number of halogens is 6. The Balaban J connectivity index is -0.000000133. The number of nitrogens with zero attached hydrogens (tertiary/aromatic N) is 4. The van der Waals surface area contributed by atoms with Gasteiger partial charge in [0.2, 0.25) is 9.23 Å². The van der Waals surface area contributed by atoms with Gasteiger partial charge in [0.25, 0.3) is 5.43 Å². The van der Waals surface area contributed by atoms with Crippen molar-refractivity contribution in [3.8, 4) is 0 Å². The molecular formula is C19H18BrCl4FMgN6O6S. The molecule has 0 aliphatic rings. The Morgan fingerprint density at radius 3 is 1.92 bits per heavy atom. The summed E-state index contributed by atoms with van der Waals surface area (Å²) >= 11 is 11.3. The molecule has 12 nitrogen and oxygen atoms in total. The first-order valence-corrected chi connectivity index (χ1v) is 12.4. The number of nitrogens with one attached hydrogen (secondary N) is 2. The number of H-pyrrole nitrogens is 2. The molecule has 0 spiro atoms. The van der Waals surface area contributed by atoms with Gasteiger partial charge in [0, 0.05) is 53.6 Å². The summed E-state index contributed by atoms with van der Waals surface area (Å²) in [6.07, 6.45) is 8.43. The fourth-order valence-corrected chi connectivity index (χ4v) is 2.36. The molecule has 0 radical (unpaired) electrons. The average Bonchev–Trinajstić information content (AvgIpc) is 3.32. The Kier molecular flexibility index (Phi) is 27.9. The smallest absolute Gasteiger partial charge is 1.00 e. The van der Waals surface area contributed by atoms with Gasteiger partial charge >= 0.3 is 34.4 Å². The Bertz CT molecular complexity index is 1380. The van der Waals surface area contributed by atoms with E-state index < -0.39 is 30.2 Å². The average molecular weight is 725 g/mol. The predicted octanol–water partition coefficient (Wildman–Crippen LogP) is 2.81. The molecule has 20 heteroatoms. The van der Waals surface area contributed by atoms with Crippen molar-refractivity contribution >= 4 is 99.3 Å². The Morgan fingerprint density at radius 1 is 0.974 bits per heavy atom. The molecule has 4 aromatic rings. The molecule has 0 fully saturated rings. The van der Waals surface area contributed by atoms with Gasteiger partial charge in [0.15, 0.2) is 0 Å². The molecular weight excluding hydrogens is 705 g/mol. The maximum Gasteiger partial charge on any atom is 2.00 e. The van der Waals surface area contributed by atoms with Crippen LogP contribution in [-0.2, 0) is 9.23 Å². The molecule has 0 unspecified atom stereocenters. The third-order valence-electron chi connectivity index (χ3n) is 3.34. The number of aromatic nitrogens is 4. The van der Waals surface area contributed by atoms with E-state index in [-0.39, 0.29) is 56.9 Å². The number of pyridine rings is 3. The molecule has 0 atom stereocenters. The first kappa shape index (κ1) is 43.9. The van der Waals surface area contributed by atoms with Crippen LogP contribution < -0.4 is 22.4 Å². The number of rotatable bonds is 2. The van der Waals surface area contributed by atoms with Crippen LogP contribution in [0.4, 0.5) is 16.1 Å². The molecule has 0 saturated heterocycles. The van der Waals surface area contributed by atoms with E-state index in [1.807, 2.05) is 12.3 Å². The van der Waals surface area contributed by atoms with Crippen LogP contribution in [-0.4, -0.2) is 57.0 Å². The molecule has 4 heterocycles. The number of aromatic amines is 2. The number of fused-ring (bicyclic) bond motifs is 1. The molecule has 4 aromatic heterocycles. The summed E-state index contributed by atoms with van der Waals surface area (Å²) in [5.41, 5.74) is 0.645. The predicted molar refractivity (Wildman–Crippen MR) is 151 cm³/mol. The van der Waals surface area contributed by atoms with Crippen LogP contribution in [0.25, 0.3) is 11.0 Å². The largest absolute Gasteiger partial charge is 2.00 e. The van der Waals surface area contributed by atoms with Gasteiger partial charge in [-0.05, 0) is 18.2 Å². The van der Waals surface area contributed by atoms with Crippen LogP contribution in [0.3, 0.4) is 0 Å². The van der Waals surface area contributed by atoms with E-state index in [0.717, 1.165) is 34.5 Å². The van der Waals surface area contributed by atoms with Crippen molar-refractivity contribution in [2.45, 2.75) is 0 Å². The monoisotopic (exact) mass is 722 g/mol. The normalized spacial score (nSPS) is 8.44. The van der Waals surface area contributed by atoms with Crippen molar-refractivity contribution in [1.29, 1.82) is 0 Å². The summed E-state index contributed by atoms with van der Waals surface area (Å²) in [4.78, 5) is 42.5. The first-order valence-electron chi connectivity index (χ1n) is 8.82. The zero-order valence-electron chi connectivity index (χ0n) is 19.2. The second-order valence-corrected chi connectivity index (χ2v) is 8.79. The summed E-state index contributed by atoms with van der Waals surface area (Å²) in [7, 11) is 7.36. The third-order valence-corrected chi connectivity index (χ3v) is 3.98. The molecule has 210 valence electrons. The Morgan fingerprint density at radius 2 is 1.51 bits per heavy atom. The van der Waals surface area contributed by atoms with Crippen molar-refractivity contribution in [2.24, 2.45) is 0 Å². The molecule has 0 aromatic carbocycles. The standard InChI is InChI=1S/C7H5ClN2.C5H3ClN2O2.C5H4N2O3.C2H3.BrH.Cl2OS.FH.Mg.H2/c8-5-1-3-9-6-2-4-10-7(5)6;6-4-1-2-7-3-5(4)8(9)10;8-5-1-2-6-3-4(5)7(9)10;1-2;;1-4(2)3;;;/h1-4,10H;1-3H;1-3H,(H,6,8);1H,2H2;1H;;1H;;1H/q;;;-1;;;;+2;/p-1/i;;;;;;;;1+2. The Labute approximate surface area is 269 Å². The van der Waals surface area contributed by atoms with E-state index in [1.54, 1.807) is 12.3 Å². The minimum absolute atomic E-state index is 0. The second-order valence-electron chi connectivity index (χ2n) is 5.45. The fraction of sp³-hybridized carbons (Fsp3) is 0. The molecule has 0 amide bonds. The SMILES string of the molecule is Clc1ccnc2cc[nH]c12.F.O=S(Cl)Cl.O=[N+]([O-])c1cnccc1Cl.O=c1cc[nH]cc1[N+](=O)[O-].[3HH].[Br-].[CH-]=C.[Mg+2]. The summed E-state index contributed by atoms with van der Waals surface area (Å²) in [6.45, 7) is 7.00. The first-order chi connectivity index (χ1) is 17.0. The van der Waals surface area contributed by atoms with Crippen LogP contribution in [0.5, 0.6) is 0 Å². The minimum atomic E-state index is -1.67. The molecule has 4 rings (SSSR count). The molecule has 2 N–H and O–H groups in total. The van der Waals surface area contributed by atoms with Gasteiger partial charge < -0.3 is 33.5 Å². The quantitative estimate of drug-likeness (QED) is 0.104. The van der Waals surface area contributed by atoms with Crippen molar-refractivity contribution in [3.05, 3.63) is 115 Å². The van der Waals surface area contributed by atoms with Gasteiger partial charge in [-0.2, -0.15) is 0 Å². The van der Waals surface area contributed by atoms with E-state index in [1.165, 1.54) is 18.5 Å². The second kappa shape index (κ2) is 24.8. The maximum atomic E-state index is 10.6. The topological polar surface area (TPSA) is 178 Å². The summed E-state index contributed by atoms with van der Waals surface area (Å²) in [6, 6.07) is 6.14. The fourth-order valence-electron chi connectivity index (χ4n) is 1.98. The van der Waals surface area contributed by atoms with Crippen molar-refractivity contribution in [1.82, 2.24) is 19.9 Å². The minimum Gasteiger partial charge on any atom is -1.00 e. The number of hydrogen-bond acceptors (Lipinski definition) is 8. The summed E-state index contributed by atoms with van der Waals surface area (Å²) in [5.74, 6) is 0. The van der Waals surface area contributed by atoms with Crippen LogP contribution >= 0.6 is 44.6 Å². The van der Waals surface area contributed by atoms with Gasteiger partial charge in [-0.15, -0.1) is 0 Å². The summed E-state index contributed by atoms with van der Waals surface area (Å²) < 4.78 is 9.09. The van der Waals surface area contributed by atoms with Gasteiger partial charge in [-0.1, -0.05) is 23.2 Å². The number of nitro groups is 2. The zero-order chi connectivity index (χ0) is 27.7. The molecule has 39 heavy (non-hydrogen) atoms. The molecule has 0 aliphatic heterocycles. The van der Waals surface area contributed by atoms with Gasteiger partial charge in [-0.3, -0.25) is 46.3 Å². The van der Waals surface area contributed by atoms with Crippen molar-refractivity contribution < 1.29 is 37.2 Å². The van der Waals surface area contributed by atoms with Crippen LogP contribution in [0.1, 0.15) is 1.43 Å². The zero-order valence-corrected chi connectivity index (χ0v) is 26.1. The van der Waals surface area contributed by atoms with Crippen LogP contribution in [0.2, 0.25) is 10.0 Å². The number of hydrogen-bond donors (Lipinski definition) is 2. The summed E-state index contributed by atoms with van der Waals surface area (Å²) in [5, 5.41) is 20.9. The molecule has 0 bridgehead atoms. The van der Waals surface area contributed by atoms with Crippen LogP contribution in [0, 0.1) is 26.8 Å². The van der Waals surface area contributed by atoms with E-state index in [9.17, 15) is 25.0 Å². The van der Waals surface area contributed by atoms with E-state index in [4.69, 9.17) is 27.4 Å². The van der Waals surface area contributed by atoms with Gasteiger partial charge in [-0.25, -0.2) is 4.21 Å². The van der Waals surface area contributed by atoms with Crippen molar-refractivity contribution in [3.63, 3.8) is 0 Å². The van der Waals surface area contributed by atoms with Crippen molar-refractivity contribution in [2.75, 3.05) is 0 Å².